The van der Waals surface area contributed by atoms with Crippen LogP contribution >= 0.6 is 27.7 Å². The maximum Gasteiger partial charge on any atom is 0.251 e. The first-order valence-electron chi connectivity index (χ1n) is 10.7. The molecule has 3 aromatic rings. The highest BCUT2D eigenvalue weighted by molar-refractivity contribution is 9.10. The molecular weight excluding hydrogens is 516 g/mol. The number of nitrogens with zero attached hydrogens (tertiary/aromatic N) is 3. The molecule has 0 saturated heterocycles. The third kappa shape index (κ3) is 6.36. The fraction of sp³-hybridized carbons (Fsp3) is 0.280. The fourth-order valence-corrected chi connectivity index (χ4v) is 4.40. The second kappa shape index (κ2) is 12.0. The maximum atomic E-state index is 12.9. The summed E-state index contributed by atoms with van der Waals surface area (Å²) in [6.45, 7) is 8.32. The van der Waals surface area contributed by atoms with Crippen molar-refractivity contribution >= 4 is 39.4 Å². The number of hydrogen-bond donors (Lipinski definition) is 1. The van der Waals surface area contributed by atoms with Crippen LogP contribution in [0.4, 0.5) is 0 Å². The molecule has 0 aliphatic rings. The van der Waals surface area contributed by atoms with E-state index in [1.54, 1.807) is 49.6 Å². The molecule has 178 valence electrons. The van der Waals surface area contributed by atoms with E-state index in [-0.39, 0.29) is 29.4 Å². The van der Waals surface area contributed by atoms with E-state index in [1.807, 2.05) is 30.5 Å². The van der Waals surface area contributed by atoms with Crippen molar-refractivity contribution in [2.45, 2.75) is 31.6 Å². The number of carbonyl (C=O) groups is 2. The number of rotatable bonds is 11. The van der Waals surface area contributed by atoms with Crippen molar-refractivity contribution in [3.63, 3.8) is 0 Å². The lowest BCUT2D eigenvalue weighted by Crippen LogP contribution is -2.33. The standard InChI is InChI=1S/C25H27BrN4O3S/c1-5-14-30-23(22(16(2)3)27-24(32)18-8-12-20(33-4)13-9-18)28-29-25(30)34-15-21(31)17-6-10-19(26)11-7-17/h5-13,16,22H,1,14-15H2,2-4H3,(H,27,32)/t22-/m1/s1. The number of nitrogens with one attached hydrogen (secondary N) is 1. The summed E-state index contributed by atoms with van der Waals surface area (Å²) in [5, 5.41) is 12.4. The lowest BCUT2D eigenvalue weighted by atomic mass is 10.0. The Bertz CT molecular complexity index is 1140. The molecule has 1 atom stereocenters. The van der Waals surface area contributed by atoms with Crippen LogP contribution in [0.15, 0.2) is 70.8 Å². The molecule has 0 saturated carbocycles. The Morgan fingerprint density at radius 2 is 1.76 bits per heavy atom. The zero-order chi connectivity index (χ0) is 24.7. The topological polar surface area (TPSA) is 86.1 Å². The molecule has 1 aromatic heterocycles. The van der Waals surface area contributed by atoms with Crippen LogP contribution in [0.25, 0.3) is 0 Å². The summed E-state index contributed by atoms with van der Waals surface area (Å²) in [6, 6.07) is 13.8. The van der Waals surface area contributed by atoms with Gasteiger partial charge in [0.25, 0.3) is 5.91 Å². The molecule has 0 aliphatic carbocycles. The molecule has 2 aromatic carbocycles. The van der Waals surface area contributed by atoms with Crippen LogP contribution in [0, 0.1) is 5.92 Å². The van der Waals surface area contributed by atoms with Crippen LogP contribution in [0.3, 0.4) is 0 Å². The summed E-state index contributed by atoms with van der Waals surface area (Å²) in [5.74, 6) is 1.37. The smallest absolute Gasteiger partial charge is 0.251 e. The number of hydrogen-bond acceptors (Lipinski definition) is 6. The Kier molecular flexibility index (Phi) is 9.06. The summed E-state index contributed by atoms with van der Waals surface area (Å²) >= 11 is 4.70. The number of carbonyl (C=O) groups excluding carboxylic acids is 2. The van der Waals surface area contributed by atoms with Crippen molar-refractivity contribution < 1.29 is 14.3 Å². The van der Waals surface area contributed by atoms with E-state index in [4.69, 9.17) is 4.74 Å². The Balaban J connectivity index is 1.79. The minimum atomic E-state index is -0.376. The van der Waals surface area contributed by atoms with Crippen LogP contribution in [0.2, 0.25) is 0 Å². The quantitative estimate of drug-likeness (QED) is 0.200. The number of methoxy groups -OCH3 is 1. The number of allylic oxidation sites excluding steroid dienone is 1. The molecule has 0 unspecified atom stereocenters. The minimum Gasteiger partial charge on any atom is -0.497 e. The zero-order valence-electron chi connectivity index (χ0n) is 19.3. The highest BCUT2D eigenvalue weighted by Gasteiger charge is 2.26. The third-order valence-electron chi connectivity index (χ3n) is 5.14. The van der Waals surface area contributed by atoms with Gasteiger partial charge in [0.15, 0.2) is 16.8 Å². The maximum absolute atomic E-state index is 12.9. The van der Waals surface area contributed by atoms with Gasteiger partial charge in [0, 0.05) is 22.1 Å². The number of Topliss-reactive ketones (excluding diaryl/α,β-unsaturated/α-hetero) is 1. The molecule has 1 N–H and O–H groups in total. The van der Waals surface area contributed by atoms with Crippen LogP contribution < -0.4 is 10.1 Å². The fourth-order valence-electron chi connectivity index (χ4n) is 3.28. The van der Waals surface area contributed by atoms with E-state index in [0.717, 1.165) is 4.47 Å². The Morgan fingerprint density at radius 1 is 1.12 bits per heavy atom. The Labute approximate surface area is 212 Å². The third-order valence-corrected chi connectivity index (χ3v) is 6.63. The van der Waals surface area contributed by atoms with Crippen molar-refractivity contribution in [1.82, 2.24) is 20.1 Å². The van der Waals surface area contributed by atoms with Gasteiger partial charge in [0.1, 0.15) is 5.75 Å². The van der Waals surface area contributed by atoms with Crippen molar-refractivity contribution in [3.8, 4) is 5.75 Å². The molecule has 0 bridgehead atoms. The van der Waals surface area contributed by atoms with E-state index >= 15 is 0 Å². The molecule has 9 heteroatoms. The Hall–Kier alpha value is -2.91. The minimum absolute atomic E-state index is 0.000390. The highest BCUT2D eigenvalue weighted by atomic mass is 79.9. The predicted molar refractivity (Wildman–Crippen MR) is 137 cm³/mol. The van der Waals surface area contributed by atoms with Gasteiger partial charge in [-0.1, -0.05) is 59.7 Å². The zero-order valence-corrected chi connectivity index (χ0v) is 21.7. The second-order valence-electron chi connectivity index (χ2n) is 7.88. The number of ketones is 1. The summed E-state index contributed by atoms with van der Waals surface area (Å²) in [4.78, 5) is 25.5. The first kappa shape index (κ1) is 25.7. The lowest BCUT2D eigenvalue weighted by Gasteiger charge is -2.22. The van der Waals surface area contributed by atoms with Gasteiger partial charge in [0.05, 0.1) is 18.9 Å². The van der Waals surface area contributed by atoms with Gasteiger partial charge in [-0.05, 0) is 42.3 Å². The number of benzene rings is 2. The molecule has 1 amide bonds. The van der Waals surface area contributed by atoms with Crippen LogP contribution in [-0.2, 0) is 6.54 Å². The van der Waals surface area contributed by atoms with Crippen LogP contribution in [0.5, 0.6) is 5.75 Å². The van der Waals surface area contributed by atoms with E-state index < -0.39 is 0 Å². The van der Waals surface area contributed by atoms with Gasteiger partial charge in [-0.25, -0.2) is 0 Å². The van der Waals surface area contributed by atoms with Crippen LogP contribution in [0.1, 0.15) is 46.4 Å². The molecule has 0 radical (unpaired) electrons. The number of aromatic nitrogens is 3. The number of amides is 1. The molecule has 1 heterocycles. The summed E-state index contributed by atoms with van der Waals surface area (Å²) in [6.07, 6.45) is 1.75. The molecule has 0 aliphatic heterocycles. The Morgan fingerprint density at radius 3 is 2.35 bits per heavy atom. The van der Waals surface area contributed by atoms with Gasteiger partial charge in [0.2, 0.25) is 0 Å². The average molecular weight is 543 g/mol. The van der Waals surface area contributed by atoms with Crippen molar-refractivity contribution in [2.24, 2.45) is 5.92 Å². The largest absolute Gasteiger partial charge is 0.497 e. The first-order valence-corrected chi connectivity index (χ1v) is 12.5. The van der Waals surface area contributed by atoms with Gasteiger partial charge in [-0.15, -0.1) is 16.8 Å². The number of thioether (sulfide) groups is 1. The number of halogens is 1. The molecule has 3 rings (SSSR count). The number of ether oxygens (including phenoxy) is 1. The van der Waals surface area contributed by atoms with E-state index in [2.05, 4.69) is 38.0 Å². The average Bonchev–Trinajstić information content (AvgIpc) is 3.23. The van der Waals surface area contributed by atoms with Gasteiger partial charge < -0.3 is 14.6 Å². The normalized spacial score (nSPS) is 11.8. The molecule has 0 spiro atoms. The summed E-state index contributed by atoms with van der Waals surface area (Å²) in [7, 11) is 1.58. The van der Waals surface area contributed by atoms with Gasteiger partial charge >= 0.3 is 0 Å². The van der Waals surface area contributed by atoms with E-state index in [9.17, 15) is 9.59 Å². The SMILES string of the molecule is C=CCn1c(SCC(=O)c2ccc(Br)cc2)nnc1[C@H](NC(=O)c1ccc(OC)cc1)C(C)C. The summed E-state index contributed by atoms with van der Waals surface area (Å²) < 4.78 is 7.98. The van der Waals surface area contributed by atoms with E-state index in [1.165, 1.54) is 11.8 Å². The highest BCUT2D eigenvalue weighted by Crippen LogP contribution is 2.26. The second-order valence-corrected chi connectivity index (χ2v) is 9.74. The van der Waals surface area contributed by atoms with Crippen LogP contribution in [-0.4, -0.2) is 39.3 Å². The molecule has 7 nitrogen and oxygen atoms in total. The van der Waals surface area contributed by atoms with Crippen molar-refractivity contribution in [3.05, 3.63) is 82.6 Å². The van der Waals surface area contributed by atoms with Gasteiger partial charge in [-0.3, -0.25) is 9.59 Å². The molecule has 34 heavy (non-hydrogen) atoms. The van der Waals surface area contributed by atoms with Crippen molar-refractivity contribution in [1.29, 1.82) is 0 Å². The lowest BCUT2D eigenvalue weighted by molar-refractivity contribution is 0.0921. The van der Waals surface area contributed by atoms with E-state index in [0.29, 0.717) is 34.4 Å². The molecule has 0 fully saturated rings. The monoisotopic (exact) mass is 542 g/mol. The van der Waals surface area contributed by atoms with Crippen molar-refractivity contribution in [2.75, 3.05) is 12.9 Å². The molecular formula is C25H27BrN4O3S. The van der Waals surface area contributed by atoms with Gasteiger partial charge in [-0.2, -0.15) is 0 Å². The first-order chi connectivity index (χ1) is 16.3. The summed E-state index contributed by atoms with van der Waals surface area (Å²) in [5.41, 5.74) is 1.16. The predicted octanol–water partition coefficient (Wildman–Crippen LogP) is 5.34.